The Morgan fingerprint density at radius 2 is 0.556 bits per heavy atom. The molecule has 0 radical (unpaired) electrons. The molecule has 0 atom stereocenters. The molecule has 0 aromatic heterocycles. The molecule has 1 aliphatic rings. The molecule has 0 spiro atoms. The van der Waals surface area contributed by atoms with Gasteiger partial charge in [-0.2, -0.15) is 0 Å². The van der Waals surface area contributed by atoms with Crippen molar-refractivity contribution in [3.05, 3.63) is 91.0 Å². The minimum atomic E-state index is -6.00. The third-order valence-corrected chi connectivity index (χ3v) is 10.6. The normalized spacial score (nSPS) is 14.1. The fraction of sp³-hybridized carbons (Fsp3) is 0.250. The summed E-state index contributed by atoms with van der Waals surface area (Å²) >= 11 is 0. The van der Waals surface area contributed by atoms with Gasteiger partial charge < -0.3 is 69.1 Å². The van der Waals surface area contributed by atoms with E-state index in [0.717, 1.165) is 5.66 Å². The Hall–Kier alpha value is -2.77. The average Bonchev–Trinajstić information content (AvgIpc) is 2.88. The Morgan fingerprint density at radius 3 is 0.756 bits per heavy atom. The van der Waals surface area contributed by atoms with E-state index in [1.54, 1.807) is 15.9 Å². The summed E-state index contributed by atoms with van der Waals surface area (Å²) in [5.74, 6) is 0. The lowest BCUT2D eigenvalue weighted by Gasteiger charge is -2.36. The van der Waals surface area contributed by atoms with Gasteiger partial charge in [0.2, 0.25) is 0 Å². The van der Waals surface area contributed by atoms with Gasteiger partial charge in [-0.3, -0.25) is 0 Å². The summed E-state index contributed by atoms with van der Waals surface area (Å²) in [5, 5.41) is 4.62. The van der Waals surface area contributed by atoms with Crippen molar-refractivity contribution in [2.45, 2.75) is 37.8 Å². The van der Waals surface area contributed by atoms with Crippen LogP contribution >= 0.6 is 7.26 Å². The largest absolute Gasteiger partial charge is 0.673 e. The van der Waals surface area contributed by atoms with E-state index in [1.807, 2.05) is 0 Å². The highest BCUT2D eigenvalue weighted by atomic mass is 31.2. The minimum absolute atomic E-state index is 0.758. The highest BCUT2D eigenvalue weighted by Crippen LogP contribution is 2.63. The molecule has 21 heteroatoms. The molecule has 0 saturated heterocycles. The Bertz CT molecular complexity index is 1000. The van der Waals surface area contributed by atoms with Gasteiger partial charge in [-0.15, -0.1) is 0 Å². The molecule has 1 fully saturated rings. The molecule has 4 rings (SSSR count). The highest BCUT2D eigenvalue weighted by Gasteiger charge is 2.52. The molecular formula is C24H26B4F16P-3. The van der Waals surface area contributed by atoms with Crippen LogP contribution in [0.1, 0.15) is 32.1 Å². The molecule has 254 valence electrons. The first kappa shape index (κ1) is 42.2. The Balaban J connectivity index is 0.000000792. The van der Waals surface area contributed by atoms with E-state index in [1.165, 1.54) is 32.1 Å². The summed E-state index contributed by atoms with van der Waals surface area (Å²) in [5.41, 5.74) is 0.758. The van der Waals surface area contributed by atoms with Crippen molar-refractivity contribution in [1.82, 2.24) is 0 Å². The number of hydrogen-bond acceptors (Lipinski definition) is 0. The molecule has 3 aromatic rings. The summed E-state index contributed by atoms with van der Waals surface area (Å²) in [4.78, 5) is 0. The van der Waals surface area contributed by atoms with Gasteiger partial charge in [0.05, 0.1) is 5.66 Å². The van der Waals surface area contributed by atoms with Crippen LogP contribution in [0.3, 0.4) is 0 Å². The van der Waals surface area contributed by atoms with Crippen LogP contribution in [0.25, 0.3) is 0 Å². The van der Waals surface area contributed by atoms with Gasteiger partial charge in [0.1, 0.15) is 23.2 Å². The first-order valence-corrected chi connectivity index (χ1v) is 14.8. The zero-order chi connectivity index (χ0) is 35.0. The van der Waals surface area contributed by atoms with E-state index in [-0.39, 0.29) is 0 Å². The summed E-state index contributed by atoms with van der Waals surface area (Å²) in [6.45, 7) is 0. The summed E-state index contributed by atoms with van der Waals surface area (Å²) in [6, 6.07) is 34.0. The van der Waals surface area contributed by atoms with Crippen molar-refractivity contribution in [2.24, 2.45) is 0 Å². The quantitative estimate of drug-likeness (QED) is 0.145. The Morgan fingerprint density at radius 1 is 0.356 bits per heavy atom. The van der Waals surface area contributed by atoms with Gasteiger partial charge >= 0.3 is 29.0 Å². The zero-order valence-corrected chi connectivity index (χ0v) is 24.0. The maximum atomic E-state index is 9.75. The average molecular weight is 693 g/mol. The Labute approximate surface area is 250 Å². The van der Waals surface area contributed by atoms with Crippen molar-refractivity contribution in [3.8, 4) is 0 Å². The molecule has 45 heavy (non-hydrogen) atoms. The first-order valence-electron chi connectivity index (χ1n) is 13.0. The van der Waals surface area contributed by atoms with E-state index in [9.17, 15) is 69.1 Å². The van der Waals surface area contributed by atoms with E-state index in [0.29, 0.717) is 0 Å². The predicted octanol–water partition coefficient (Wildman–Crippen LogP) is 10.5. The molecule has 0 bridgehead atoms. The highest BCUT2D eigenvalue weighted by molar-refractivity contribution is 7.96. The lowest BCUT2D eigenvalue weighted by atomic mass is 10.0. The lowest BCUT2D eigenvalue weighted by molar-refractivity contribution is 0.366. The van der Waals surface area contributed by atoms with Crippen molar-refractivity contribution in [3.63, 3.8) is 0 Å². The number of benzene rings is 3. The summed E-state index contributed by atoms with van der Waals surface area (Å²) in [7, 11) is -25.6. The van der Waals surface area contributed by atoms with Crippen LogP contribution in [0, 0.1) is 0 Å². The second-order valence-electron chi connectivity index (χ2n) is 9.00. The van der Waals surface area contributed by atoms with Crippen LogP contribution in [-0.4, -0.2) is 34.7 Å². The van der Waals surface area contributed by atoms with Crippen LogP contribution < -0.4 is 15.9 Å². The van der Waals surface area contributed by atoms with E-state index < -0.39 is 36.3 Å². The third kappa shape index (κ3) is 22.4. The smallest absolute Gasteiger partial charge is 0.418 e. The SMILES string of the molecule is F[B-](F)(F)F.F[B-](F)(F)F.F[B-](F)(F)F.F[B-](F)(F)F.c1ccc([P+](c2ccccc2)(c2ccccc2)C2CCCCC2)cc1. The van der Waals surface area contributed by atoms with E-state index >= 15 is 0 Å². The van der Waals surface area contributed by atoms with Gasteiger partial charge in [-0.1, -0.05) is 61.0 Å². The van der Waals surface area contributed by atoms with Crippen molar-refractivity contribution in [1.29, 1.82) is 0 Å². The first-order chi connectivity index (χ1) is 20.4. The van der Waals surface area contributed by atoms with Crippen molar-refractivity contribution < 1.29 is 69.1 Å². The zero-order valence-electron chi connectivity index (χ0n) is 23.1. The molecule has 0 heterocycles. The molecule has 0 aliphatic heterocycles. The molecular weight excluding hydrogens is 666 g/mol. The maximum absolute atomic E-state index is 9.75. The van der Waals surface area contributed by atoms with Crippen LogP contribution in [0.2, 0.25) is 0 Å². The van der Waals surface area contributed by atoms with Gasteiger partial charge in [-0.05, 0) is 62.1 Å². The number of halogens is 16. The molecule has 1 saturated carbocycles. The van der Waals surface area contributed by atoms with Gasteiger partial charge in [0.25, 0.3) is 0 Å². The lowest BCUT2D eigenvalue weighted by Crippen LogP contribution is -2.39. The number of hydrogen-bond donors (Lipinski definition) is 0. The second kappa shape index (κ2) is 19.0. The molecule has 3 aromatic carbocycles. The third-order valence-electron chi connectivity index (χ3n) is 5.61. The van der Waals surface area contributed by atoms with Gasteiger partial charge in [0, 0.05) is 0 Å². The minimum Gasteiger partial charge on any atom is -0.418 e. The molecule has 0 N–H and O–H groups in total. The standard InChI is InChI=1S/C24H26P.4BF4/c1-5-13-21(14-6-1)25(22-15-7-2-8-16-22,23-17-9-3-10-18-23)24-19-11-4-12-20-24;4*2-1(3,4)5/h1-3,5-10,13-18,24H,4,11-12,19-20H2;;;;/q+1;4*-1. The number of rotatable bonds is 4. The topological polar surface area (TPSA) is 0 Å². The molecule has 0 nitrogen and oxygen atoms in total. The monoisotopic (exact) mass is 693 g/mol. The van der Waals surface area contributed by atoms with Gasteiger partial charge in [0.15, 0.2) is 0 Å². The van der Waals surface area contributed by atoms with Gasteiger partial charge in [-0.25, -0.2) is 0 Å². The van der Waals surface area contributed by atoms with Crippen molar-refractivity contribution >= 4 is 52.2 Å². The van der Waals surface area contributed by atoms with E-state index in [4.69, 9.17) is 0 Å². The van der Waals surface area contributed by atoms with Crippen molar-refractivity contribution in [2.75, 3.05) is 0 Å². The molecule has 0 unspecified atom stereocenters. The predicted molar refractivity (Wildman–Crippen MR) is 153 cm³/mol. The maximum Gasteiger partial charge on any atom is 0.673 e. The second-order valence-corrected chi connectivity index (χ2v) is 12.7. The Kier molecular flexibility index (Phi) is 17.8. The summed E-state index contributed by atoms with van der Waals surface area (Å²) < 4.78 is 156. The fourth-order valence-electron chi connectivity index (χ4n) is 4.54. The fourth-order valence-corrected chi connectivity index (χ4v) is 9.76. The van der Waals surface area contributed by atoms with Crippen LogP contribution in [0.15, 0.2) is 91.0 Å². The molecule has 0 amide bonds. The van der Waals surface area contributed by atoms with Crippen LogP contribution in [0.5, 0.6) is 0 Å². The van der Waals surface area contributed by atoms with Crippen LogP contribution in [0.4, 0.5) is 69.1 Å². The summed E-state index contributed by atoms with van der Waals surface area (Å²) in [6.07, 6.45) is 6.85. The van der Waals surface area contributed by atoms with Crippen LogP contribution in [-0.2, 0) is 0 Å². The van der Waals surface area contributed by atoms with E-state index in [2.05, 4.69) is 91.0 Å². The molecule has 1 aliphatic carbocycles.